The van der Waals surface area contributed by atoms with Crippen molar-refractivity contribution in [3.63, 3.8) is 0 Å². The standard InChI is InChI=1S/C13H27N3OS/c1-6-13(7-2,11(14)18)12(17)15-10(3)8-9-16(4)5/h10H,6-9H2,1-5H3,(H2,14,18)(H,15,17). The summed E-state index contributed by atoms with van der Waals surface area (Å²) < 4.78 is 0. The number of amides is 1. The zero-order valence-corrected chi connectivity index (χ0v) is 13.1. The van der Waals surface area contributed by atoms with Crippen LogP contribution in [0, 0.1) is 5.41 Å². The van der Waals surface area contributed by atoms with Crippen LogP contribution in [-0.4, -0.2) is 42.5 Å². The van der Waals surface area contributed by atoms with Crippen LogP contribution in [0.3, 0.4) is 0 Å². The Morgan fingerprint density at radius 3 is 2.22 bits per heavy atom. The highest BCUT2D eigenvalue weighted by molar-refractivity contribution is 7.80. The van der Waals surface area contributed by atoms with Gasteiger partial charge in [0.2, 0.25) is 5.91 Å². The number of hydrogen-bond acceptors (Lipinski definition) is 3. The summed E-state index contributed by atoms with van der Waals surface area (Å²) in [7, 11) is 4.04. The van der Waals surface area contributed by atoms with Crippen LogP contribution in [0.25, 0.3) is 0 Å². The fourth-order valence-electron chi connectivity index (χ4n) is 1.92. The predicted octanol–water partition coefficient (Wildman–Crippen LogP) is 1.54. The van der Waals surface area contributed by atoms with E-state index in [1.807, 2.05) is 34.9 Å². The van der Waals surface area contributed by atoms with Crippen molar-refractivity contribution in [1.29, 1.82) is 0 Å². The molecule has 1 unspecified atom stereocenters. The Hall–Kier alpha value is -0.680. The van der Waals surface area contributed by atoms with Crippen LogP contribution < -0.4 is 11.1 Å². The van der Waals surface area contributed by atoms with Crippen LogP contribution in [0.15, 0.2) is 0 Å². The average Bonchev–Trinajstić information content (AvgIpc) is 2.28. The molecule has 4 nitrogen and oxygen atoms in total. The maximum Gasteiger partial charge on any atom is 0.233 e. The van der Waals surface area contributed by atoms with Gasteiger partial charge in [0.25, 0.3) is 0 Å². The van der Waals surface area contributed by atoms with Crippen molar-refractivity contribution in [3.05, 3.63) is 0 Å². The predicted molar refractivity (Wildman–Crippen MR) is 80.6 cm³/mol. The maximum atomic E-state index is 12.3. The number of carbonyl (C=O) groups is 1. The van der Waals surface area contributed by atoms with E-state index in [0.29, 0.717) is 17.8 Å². The highest BCUT2D eigenvalue weighted by Crippen LogP contribution is 2.27. The second kappa shape index (κ2) is 7.69. The van der Waals surface area contributed by atoms with E-state index in [-0.39, 0.29) is 11.9 Å². The smallest absolute Gasteiger partial charge is 0.233 e. The molecule has 0 spiro atoms. The van der Waals surface area contributed by atoms with Crippen LogP contribution in [0.5, 0.6) is 0 Å². The van der Waals surface area contributed by atoms with E-state index in [1.54, 1.807) is 0 Å². The van der Waals surface area contributed by atoms with Crippen molar-refractivity contribution in [3.8, 4) is 0 Å². The maximum absolute atomic E-state index is 12.3. The van der Waals surface area contributed by atoms with Crippen molar-refractivity contribution < 1.29 is 4.79 Å². The molecule has 0 bridgehead atoms. The Kier molecular flexibility index (Phi) is 7.40. The Morgan fingerprint density at radius 2 is 1.89 bits per heavy atom. The molecule has 0 rings (SSSR count). The van der Waals surface area contributed by atoms with Crippen LogP contribution in [0.4, 0.5) is 0 Å². The second-order valence-corrected chi connectivity index (χ2v) is 5.56. The number of nitrogens with one attached hydrogen (secondary N) is 1. The largest absolute Gasteiger partial charge is 0.392 e. The van der Waals surface area contributed by atoms with Crippen LogP contribution >= 0.6 is 12.2 Å². The van der Waals surface area contributed by atoms with Gasteiger partial charge in [-0.25, -0.2) is 0 Å². The minimum absolute atomic E-state index is 0.0359. The zero-order valence-electron chi connectivity index (χ0n) is 12.2. The van der Waals surface area contributed by atoms with Gasteiger partial charge in [-0.3, -0.25) is 4.79 Å². The molecule has 0 aliphatic rings. The summed E-state index contributed by atoms with van der Waals surface area (Å²) in [5, 5.41) is 3.03. The number of hydrogen-bond donors (Lipinski definition) is 2. The monoisotopic (exact) mass is 273 g/mol. The van der Waals surface area contributed by atoms with Gasteiger partial charge >= 0.3 is 0 Å². The van der Waals surface area contributed by atoms with E-state index < -0.39 is 5.41 Å². The van der Waals surface area contributed by atoms with E-state index in [9.17, 15) is 4.79 Å². The van der Waals surface area contributed by atoms with Crippen molar-refractivity contribution in [1.82, 2.24) is 10.2 Å². The molecule has 0 saturated heterocycles. The van der Waals surface area contributed by atoms with Gasteiger partial charge in [0.1, 0.15) is 0 Å². The van der Waals surface area contributed by atoms with E-state index >= 15 is 0 Å². The first-order chi connectivity index (χ1) is 8.30. The van der Waals surface area contributed by atoms with E-state index in [0.717, 1.165) is 13.0 Å². The van der Waals surface area contributed by atoms with Crippen molar-refractivity contribution in [2.24, 2.45) is 11.1 Å². The number of carbonyl (C=O) groups excluding carboxylic acids is 1. The third-order valence-electron chi connectivity index (χ3n) is 3.50. The van der Waals surface area contributed by atoms with Gasteiger partial charge in [-0.2, -0.15) is 0 Å². The van der Waals surface area contributed by atoms with Crippen molar-refractivity contribution in [2.75, 3.05) is 20.6 Å². The molecule has 0 saturated carbocycles. The molecule has 0 aromatic heterocycles. The first kappa shape index (κ1) is 17.3. The van der Waals surface area contributed by atoms with Gasteiger partial charge in [-0.1, -0.05) is 26.1 Å². The van der Waals surface area contributed by atoms with Crippen LogP contribution in [0.1, 0.15) is 40.0 Å². The molecule has 18 heavy (non-hydrogen) atoms. The molecule has 0 aliphatic carbocycles. The van der Waals surface area contributed by atoms with Crippen LogP contribution in [0.2, 0.25) is 0 Å². The van der Waals surface area contributed by atoms with E-state index in [2.05, 4.69) is 10.2 Å². The van der Waals surface area contributed by atoms with Gasteiger partial charge in [-0.05, 0) is 46.8 Å². The Balaban J connectivity index is 4.57. The molecule has 0 aromatic carbocycles. The van der Waals surface area contributed by atoms with Gasteiger partial charge in [0.15, 0.2) is 0 Å². The quantitative estimate of drug-likeness (QED) is 0.659. The molecule has 0 heterocycles. The topological polar surface area (TPSA) is 58.4 Å². The highest BCUT2D eigenvalue weighted by atomic mass is 32.1. The molecule has 5 heteroatoms. The Morgan fingerprint density at radius 1 is 1.39 bits per heavy atom. The summed E-state index contributed by atoms with van der Waals surface area (Å²) in [6.07, 6.45) is 2.20. The fraction of sp³-hybridized carbons (Fsp3) is 0.846. The van der Waals surface area contributed by atoms with Gasteiger partial charge in [0, 0.05) is 6.04 Å². The SMILES string of the molecule is CCC(CC)(C(=O)NC(C)CCN(C)C)C(N)=S. The summed E-state index contributed by atoms with van der Waals surface area (Å²) in [4.78, 5) is 14.7. The highest BCUT2D eigenvalue weighted by Gasteiger charge is 2.38. The number of nitrogens with zero attached hydrogens (tertiary/aromatic N) is 1. The third kappa shape index (κ3) is 4.53. The number of rotatable bonds is 8. The summed E-state index contributed by atoms with van der Waals surface area (Å²) in [6.45, 7) is 6.86. The lowest BCUT2D eigenvalue weighted by Gasteiger charge is -2.30. The molecule has 0 fully saturated rings. The zero-order chi connectivity index (χ0) is 14.3. The fourth-order valence-corrected chi connectivity index (χ4v) is 2.30. The normalized spacial score (nSPS) is 13.4. The van der Waals surface area contributed by atoms with Gasteiger partial charge in [-0.15, -0.1) is 0 Å². The lowest BCUT2D eigenvalue weighted by molar-refractivity contribution is -0.128. The van der Waals surface area contributed by atoms with E-state index in [1.165, 1.54) is 0 Å². The molecule has 0 radical (unpaired) electrons. The van der Waals surface area contributed by atoms with Gasteiger partial charge in [0.05, 0.1) is 10.4 Å². The van der Waals surface area contributed by atoms with E-state index in [4.69, 9.17) is 18.0 Å². The molecule has 0 aromatic rings. The first-order valence-electron chi connectivity index (χ1n) is 6.55. The minimum atomic E-state index is -0.693. The minimum Gasteiger partial charge on any atom is -0.392 e. The Labute approximate surface area is 116 Å². The summed E-state index contributed by atoms with van der Waals surface area (Å²) in [5.41, 5.74) is 5.06. The molecular weight excluding hydrogens is 246 g/mol. The lowest BCUT2D eigenvalue weighted by Crippen LogP contribution is -2.50. The second-order valence-electron chi connectivity index (χ2n) is 5.12. The van der Waals surface area contributed by atoms with Crippen molar-refractivity contribution >= 4 is 23.1 Å². The summed E-state index contributed by atoms with van der Waals surface area (Å²) >= 11 is 5.07. The average molecular weight is 273 g/mol. The molecule has 1 atom stereocenters. The third-order valence-corrected chi connectivity index (χ3v) is 3.89. The summed E-state index contributed by atoms with van der Waals surface area (Å²) in [6, 6.07) is 0.131. The van der Waals surface area contributed by atoms with Crippen molar-refractivity contribution in [2.45, 2.75) is 46.1 Å². The lowest BCUT2D eigenvalue weighted by atomic mass is 9.81. The summed E-state index contributed by atoms with van der Waals surface area (Å²) in [5.74, 6) is -0.0359. The number of thiocarbonyl (C=S) groups is 1. The molecule has 3 N–H and O–H groups in total. The molecule has 106 valence electrons. The number of nitrogens with two attached hydrogens (primary N) is 1. The first-order valence-corrected chi connectivity index (χ1v) is 6.96. The Bertz CT molecular complexity index is 288. The molecule has 0 aliphatic heterocycles. The van der Waals surface area contributed by atoms with Crippen LogP contribution in [-0.2, 0) is 4.79 Å². The molecular formula is C13H27N3OS. The molecule has 1 amide bonds. The van der Waals surface area contributed by atoms with Gasteiger partial charge < -0.3 is 16.0 Å².